The molecule has 0 spiro atoms. The first-order valence-corrected chi connectivity index (χ1v) is 25.0. The molecule has 2 heteroatoms. The van der Waals surface area contributed by atoms with Crippen molar-refractivity contribution in [3.8, 4) is 50.2 Å². The van der Waals surface area contributed by atoms with E-state index in [9.17, 15) is 0 Å². The van der Waals surface area contributed by atoms with E-state index >= 15 is 0 Å². The van der Waals surface area contributed by atoms with Gasteiger partial charge in [-0.15, -0.1) is 0 Å². The van der Waals surface area contributed by atoms with Crippen molar-refractivity contribution in [2.75, 3.05) is 4.90 Å². The highest BCUT2D eigenvalue weighted by Gasteiger charge is 2.17. The number of benzene rings is 10. The maximum atomic E-state index is 2.43. The Kier molecular flexibility index (Phi) is 10.7. The Morgan fingerprint density at radius 1 is 0.371 bits per heavy atom. The topological polar surface area (TPSA) is 8.17 Å². The van der Waals surface area contributed by atoms with E-state index in [-0.39, 0.29) is 0 Å². The van der Waals surface area contributed by atoms with E-state index in [0.29, 0.717) is 0 Å². The molecule has 10 aromatic carbocycles. The lowest BCUT2D eigenvalue weighted by Crippen LogP contribution is -2.09. The average molecular weight is 897 g/mol. The molecule has 0 atom stereocenters. The first kappa shape index (κ1) is 41.7. The highest BCUT2D eigenvalue weighted by molar-refractivity contribution is 6.10. The number of nitrogens with zero attached hydrogens (tertiary/aromatic N) is 2. The molecule has 13 rings (SSSR count). The Balaban J connectivity index is 0.802. The fourth-order valence-corrected chi connectivity index (χ4v) is 11.1. The van der Waals surface area contributed by atoms with Crippen LogP contribution in [0.4, 0.5) is 17.1 Å². The highest BCUT2D eigenvalue weighted by atomic mass is 15.1. The van der Waals surface area contributed by atoms with Crippen LogP contribution in [0.2, 0.25) is 0 Å². The van der Waals surface area contributed by atoms with Crippen molar-refractivity contribution >= 4 is 61.3 Å². The van der Waals surface area contributed by atoms with Crippen molar-refractivity contribution in [3.05, 3.63) is 253 Å². The Labute approximate surface area is 410 Å². The molecule has 70 heavy (non-hydrogen) atoms. The minimum atomic E-state index is 1.11. The van der Waals surface area contributed by atoms with Gasteiger partial charge in [-0.25, -0.2) is 0 Å². The fraction of sp³-hybridized carbons (Fsp3) is 0.0882. The van der Waals surface area contributed by atoms with E-state index in [1.165, 1.54) is 131 Å². The van der Waals surface area contributed by atoms with Gasteiger partial charge in [0.1, 0.15) is 0 Å². The predicted octanol–water partition coefficient (Wildman–Crippen LogP) is 19.0. The Morgan fingerprint density at radius 3 is 1.63 bits per heavy atom. The van der Waals surface area contributed by atoms with Crippen LogP contribution in [0.15, 0.2) is 237 Å². The lowest BCUT2D eigenvalue weighted by Gasteiger charge is -2.26. The molecule has 2 aliphatic rings. The molecule has 1 heterocycles. The van der Waals surface area contributed by atoms with Crippen molar-refractivity contribution in [3.63, 3.8) is 0 Å². The van der Waals surface area contributed by atoms with Crippen LogP contribution in [0.25, 0.3) is 94.4 Å². The van der Waals surface area contributed by atoms with Crippen LogP contribution in [-0.4, -0.2) is 4.57 Å². The van der Waals surface area contributed by atoms with Gasteiger partial charge >= 0.3 is 0 Å². The summed E-state index contributed by atoms with van der Waals surface area (Å²) in [6, 6.07) is 83.3. The summed E-state index contributed by atoms with van der Waals surface area (Å²) in [6.45, 7) is 0. The second-order valence-electron chi connectivity index (χ2n) is 19.0. The van der Waals surface area contributed by atoms with Crippen molar-refractivity contribution < 1.29 is 0 Å². The zero-order chi connectivity index (χ0) is 46.4. The van der Waals surface area contributed by atoms with Gasteiger partial charge in [0.25, 0.3) is 0 Å². The van der Waals surface area contributed by atoms with E-state index in [1.807, 2.05) is 0 Å². The largest absolute Gasteiger partial charge is 0.311 e. The van der Waals surface area contributed by atoms with Gasteiger partial charge in [-0.3, -0.25) is 0 Å². The van der Waals surface area contributed by atoms with Crippen molar-refractivity contribution in [2.24, 2.45) is 0 Å². The van der Waals surface area contributed by atoms with E-state index in [1.54, 1.807) is 0 Å². The van der Waals surface area contributed by atoms with Gasteiger partial charge in [0, 0.05) is 33.5 Å². The molecule has 2 aliphatic carbocycles. The molecule has 1 aromatic heterocycles. The van der Waals surface area contributed by atoms with Crippen LogP contribution >= 0.6 is 0 Å². The summed E-state index contributed by atoms with van der Waals surface area (Å²) in [5.41, 5.74) is 22.3. The molecule has 0 amide bonds. The number of hydrogen-bond donors (Lipinski definition) is 0. The number of aryl methyl sites for hydroxylation is 1. The minimum absolute atomic E-state index is 1.11. The SMILES string of the molecule is C1=Cc2cc(-c3ccc(N(c4ccc(-c5ccc(-c6ccc7c(c6)c6ccccc6n7-c6ccc(C7=CCCCC7)cc6)cc5)cc4)c4ccc(-c5cccc6ccccc56)cc4)cc3)ccc2CC1. The number of anilines is 3. The van der Waals surface area contributed by atoms with Crippen molar-refractivity contribution in [1.82, 2.24) is 4.57 Å². The molecule has 334 valence electrons. The van der Waals surface area contributed by atoms with Gasteiger partial charge in [-0.1, -0.05) is 170 Å². The van der Waals surface area contributed by atoms with Crippen LogP contribution in [0, 0.1) is 0 Å². The molecule has 0 saturated heterocycles. The second kappa shape index (κ2) is 17.9. The summed E-state index contributed by atoms with van der Waals surface area (Å²) in [7, 11) is 0. The Morgan fingerprint density at radius 2 is 0.929 bits per heavy atom. The van der Waals surface area contributed by atoms with Crippen LogP contribution in [0.5, 0.6) is 0 Å². The van der Waals surface area contributed by atoms with E-state index in [0.717, 1.165) is 29.9 Å². The molecule has 0 aliphatic heterocycles. The summed E-state index contributed by atoms with van der Waals surface area (Å²) in [5.74, 6) is 0. The number of para-hydroxylation sites is 1. The zero-order valence-electron chi connectivity index (χ0n) is 39.2. The normalized spacial score (nSPS) is 13.4. The zero-order valence-corrected chi connectivity index (χ0v) is 39.2. The first-order chi connectivity index (χ1) is 34.7. The molecule has 11 aromatic rings. The smallest absolute Gasteiger partial charge is 0.0541 e. The predicted molar refractivity (Wildman–Crippen MR) is 299 cm³/mol. The summed E-state index contributed by atoms with van der Waals surface area (Å²) >= 11 is 0. The monoisotopic (exact) mass is 896 g/mol. The molecule has 0 unspecified atom stereocenters. The fourth-order valence-electron chi connectivity index (χ4n) is 11.1. The molecule has 0 fully saturated rings. The number of allylic oxidation sites excluding steroid dienone is 3. The summed E-state index contributed by atoms with van der Waals surface area (Å²) in [6.07, 6.45) is 14.2. The molecule has 0 radical (unpaired) electrons. The molecular formula is C68H52N2. The highest BCUT2D eigenvalue weighted by Crippen LogP contribution is 2.40. The Hall–Kier alpha value is -8.46. The van der Waals surface area contributed by atoms with Crippen LogP contribution in [0.3, 0.4) is 0 Å². The summed E-state index contributed by atoms with van der Waals surface area (Å²) < 4.78 is 2.42. The maximum absolute atomic E-state index is 2.43. The first-order valence-electron chi connectivity index (χ1n) is 25.0. The standard InChI is InChI=1S/C68H52N2/c1-2-11-47(12-3-1)50-29-40-62(41-30-50)70-67-20-9-8-18-65(67)66-46-58(35-44-68(66)70)52-23-21-49(22-24-52)51-27-36-59(37-28-51)69(60-38-31-53(32-39-60)57-26-25-48-13-4-5-15-56(48)45-57)61-42-33-55(34-43-61)64-19-10-16-54-14-6-7-17-63(54)64/h5-11,14-46H,1-4,12-13H2. The quantitative estimate of drug-likeness (QED) is 0.140. The van der Waals surface area contributed by atoms with E-state index in [2.05, 4.69) is 252 Å². The number of aromatic nitrogens is 1. The third-order valence-corrected chi connectivity index (χ3v) is 14.8. The summed E-state index contributed by atoms with van der Waals surface area (Å²) in [5, 5.41) is 5.06. The van der Waals surface area contributed by atoms with Gasteiger partial charge in [0.15, 0.2) is 0 Å². The number of hydrogen-bond acceptors (Lipinski definition) is 1. The molecule has 2 nitrogen and oxygen atoms in total. The van der Waals surface area contributed by atoms with Crippen LogP contribution in [0.1, 0.15) is 48.8 Å². The van der Waals surface area contributed by atoms with Gasteiger partial charge < -0.3 is 9.47 Å². The van der Waals surface area contributed by atoms with Crippen molar-refractivity contribution in [2.45, 2.75) is 38.5 Å². The van der Waals surface area contributed by atoms with Crippen molar-refractivity contribution in [1.29, 1.82) is 0 Å². The lowest BCUT2D eigenvalue weighted by atomic mass is 9.93. The lowest BCUT2D eigenvalue weighted by molar-refractivity contribution is 0.742. The van der Waals surface area contributed by atoms with E-state index in [4.69, 9.17) is 0 Å². The average Bonchev–Trinajstić information content (AvgIpc) is 3.77. The van der Waals surface area contributed by atoms with Crippen LogP contribution in [-0.2, 0) is 6.42 Å². The third-order valence-electron chi connectivity index (χ3n) is 14.8. The second-order valence-corrected chi connectivity index (χ2v) is 19.0. The van der Waals surface area contributed by atoms with E-state index < -0.39 is 0 Å². The number of rotatable bonds is 9. The van der Waals surface area contributed by atoms with Gasteiger partial charge in [-0.2, -0.15) is 0 Å². The van der Waals surface area contributed by atoms with Gasteiger partial charge in [0.2, 0.25) is 0 Å². The van der Waals surface area contributed by atoms with Gasteiger partial charge in [0.05, 0.1) is 11.0 Å². The maximum Gasteiger partial charge on any atom is 0.0541 e. The summed E-state index contributed by atoms with van der Waals surface area (Å²) in [4.78, 5) is 2.37. The molecule has 0 saturated carbocycles. The van der Waals surface area contributed by atoms with Crippen LogP contribution < -0.4 is 4.90 Å². The molecule has 0 N–H and O–H groups in total. The third kappa shape index (κ3) is 7.72. The minimum Gasteiger partial charge on any atom is -0.311 e. The van der Waals surface area contributed by atoms with Gasteiger partial charge in [-0.05, 0) is 189 Å². The molecule has 0 bridgehead atoms. The number of fused-ring (bicyclic) bond motifs is 5. The Bertz CT molecular complexity index is 3770. The molecular weight excluding hydrogens is 845 g/mol.